The lowest BCUT2D eigenvalue weighted by Gasteiger charge is -2.27. The minimum Gasteiger partial charge on any atom is -0.435 e. The quantitative estimate of drug-likeness (QED) is 0.587. The van der Waals surface area contributed by atoms with Crippen LogP contribution in [-0.2, 0) is 27.5 Å². The molecule has 1 N–H and O–H groups in total. The smallest absolute Gasteiger partial charge is 0.387 e. The predicted molar refractivity (Wildman–Crippen MR) is 128 cm³/mol. The first-order valence-electron chi connectivity index (χ1n) is 12.0. The summed E-state index contributed by atoms with van der Waals surface area (Å²) in [6.45, 7) is 3.27. The Morgan fingerprint density at radius 3 is 2.69 bits per heavy atom. The predicted octanol–water partition coefficient (Wildman–Crippen LogP) is 2.68. The molecule has 4 rings (SSSR count). The van der Waals surface area contributed by atoms with Gasteiger partial charge in [0.2, 0.25) is 5.91 Å². The van der Waals surface area contributed by atoms with Gasteiger partial charge in [-0.05, 0) is 38.8 Å². The van der Waals surface area contributed by atoms with Gasteiger partial charge < -0.3 is 10.1 Å². The number of carbonyl (C=O) groups excluding carboxylic acids is 1. The number of nitrogens with one attached hydrogen (secondary N) is 1. The average Bonchev–Trinajstić information content (AvgIpc) is 3.19. The summed E-state index contributed by atoms with van der Waals surface area (Å²) < 4.78 is 55.0. The van der Waals surface area contributed by atoms with Gasteiger partial charge in [0.25, 0.3) is 0 Å². The largest absolute Gasteiger partial charge is 0.435 e. The standard InChI is InChI=1S/C24H32F2N4O4S/c1-16(2)30-21-15-18(23(31)27-8-9-29-10-12-35(32,33)13-11-29)6-7-20(21)22(28-30)17-4-3-5-19(14-17)34-24(25)26/h3-5,14,16,18,24H,6-13,15H2,1-2H3,(H,27,31)/t18-/m1/s1. The third kappa shape index (κ3) is 6.19. The average molecular weight is 511 g/mol. The number of rotatable bonds is 8. The second-order valence-corrected chi connectivity index (χ2v) is 11.7. The number of hydrogen-bond acceptors (Lipinski definition) is 6. The summed E-state index contributed by atoms with van der Waals surface area (Å²) in [6, 6.07) is 6.64. The van der Waals surface area contributed by atoms with E-state index in [1.807, 2.05) is 24.6 Å². The second kappa shape index (κ2) is 10.6. The lowest BCUT2D eigenvalue weighted by atomic mass is 9.85. The van der Waals surface area contributed by atoms with Gasteiger partial charge in [0.15, 0.2) is 9.84 Å². The topological polar surface area (TPSA) is 93.5 Å². The number of fused-ring (bicyclic) bond motifs is 1. The zero-order chi connectivity index (χ0) is 25.2. The molecule has 2 heterocycles. The number of amides is 1. The van der Waals surface area contributed by atoms with Crippen molar-refractivity contribution in [2.24, 2.45) is 5.92 Å². The van der Waals surface area contributed by atoms with Crippen LogP contribution in [0.5, 0.6) is 5.75 Å². The molecule has 1 amide bonds. The highest BCUT2D eigenvalue weighted by Crippen LogP contribution is 2.36. The Morgan fingerprint density at radius 1 is 1.26 bits per heavy atom. The molecule has 1 aromatic heterocycles. The first-order valence-corrected chi connectivity index (χ1v) is 13.8. The third-order valence-electron chi connectivity index (χ3n) is 6.66. The van der Waals surface area contributed by atoms with Crippen molar-refractivity contribution in [3.63, 3.8) is 0 Å². The summed E-state index contributed by atoms with van der Waals surface area (Å²) in [5, 5.41) is 7.81. The molecule has 35 heavy (non-hydrogen) atoms. The van der Waals surface area contributed by atoms with E-state index in [1.54, 1.807) is 12.1 Å². The summed E-state index contributed by atoms with van der Waals surface area (Å²) in [6.07, 6.45) is 1.89. The highest BCUT2D eigenvalue weighted by Gasteiger charge is 2.31. The molecule has 2 aromatic rings. The highest BCUT2D eigenvalue weighted by molar-refractivity contribution is 7.91. The number of hydrogen-bond donors (Lipinski definition) is 1. The second-order valence-electron chi connectivity index (χ2n) is 9.44. The van der Waals surface area contributed by atoms with Gasteiger partial charge >= 0.3 is 6.61 Å². The lowest BCUT2D eigenvalue weighted by Crippen LogP contribution is -2.45. The molecule has 8 nitrogen and oxygen atoms in total. The Labute approximate surface area is 204 Å². The molecule has 1 aliphatic carbocycles. The number of alkyl halides is 2. The molecule has 1 aliphatic heterocycles. The minimum atomic E-state index is -2.92. The highest BCUT2D eigenvalue weighted by atomic mass is 32.2. The van der Waals surface area contributed by atoms with Crippen LogP contribution in [0.2, 0.25) is 0 Å². The van der Waals surface area contributed by atoms with Crippen molar-refractivity contribution in [2.45, 2.75) is 45.8 Å². The van der Waals surface area contributed by atoms with Crippen molar-refractivity contribution in [3.8, 4) is 17.0 Å². The van der Waals surface area contributed by atoms with Gasteiger partial charge in [-0.1, -0.05) is 12.1 Å². The fourth-order valence-electron chi connectivity index (χ4n) is 4.79. The van der Waals surface area contributed by atoms with Crippen LogP contribution in [0.3, 0.4) is 0 Å². The van der Waals surface area contributed by atoms with E-state index < -0.39 is 16.4 Å². The van der Waals surface area contributed by atoms with Crippen molar-refractivity contribution in [1.82, 2.24) is 20.0 Å². The zero-order valence-corrected chi connectivity index (χ0v) is 20.9. The molecular formula is C24H32F2N4O4S. The number of sulfone groups is 1. The lowest BCUT2D eigenvalue weighted by molar-refractivity contribution is -0.125. The van der Waals surface area contributed by atoms with E-state index in [1.165, 1.54) is 6.07 Å². The zero-order valence-electron chi connectivity index (χ0n) is 20.0. The summed E-state index contributed by atoms with van der Waals surface area (Å²) in [7, 11) is -2.92. The number of halogens is 2. The molecule has 0 spiro atoms. The van der Waals surface area contributed by atoms with Gasteiger partial charge in [-0.3, -0.25) is 14.4 Å². The fourth-order valence-corrected chi connectivity index (χ4v) is 6.07. The molecular weight excluding hydrogens is 478 g/mol. The molecule has 0 saturated carbocycles. The molecule has 192 valence electrons. The number of carbonyl (C=O) groups is 1. The van der Waals surface area contributed by atoms with Crippen molar-refractivity contribution >= 4 is 15.7 Å². The van der Waals surface area contributed by atoms with Crippen LogP contribution in [0, 0.1) is 5.92 Å². The van der Waals surface area contributed by atoms with Gasteiger partial charge in [0, 0.05) is 61.4 Å². The monoisotopic (exact) mass is 510 g/mol. The summed E-state index contributed by atoms with van der Waals surface area (Å²) in [5.41, 5.74) is 3.51. The Morgan fingerprint density at radius 2 is 2.00 bits per heavy atom. The normalized spacial score (nSPS) is 20.1. The van der Waals surface area contributed by atoms with E-state index in [-0.39, 0.29) is 35.1 Å². The van der Waals surface area contributed by atoms with Crippen LogP contribution in [0.25, 0.3) is 11.3 Å². The van der Waals surface area contributed by atoms with E-state index in [0.29, 0.717) is 51.0 Å². The maximum atomic E-state index is 12.9. The first-order chi connectivity index (χ1) is 16.6. The Bertz CT molecular complexity index is 1150. The van der Waals surface area contributed by atoms with Gasteiger partial charge in [0.1, 0.15) is 5.75 Å². The number of ether oxygens (including phenoxy) is 1. The molecule has 0 bridgehead atoms. The molecule has 1 saturated heterocycles. The molecule has 1 atom stereocenters. The molecule has 0 unspecified atom stereocenters. The molecule has 1 fully saturated rings. The van der Waals surface area contributed by atoms with Gasteiger partial charge in [-0.25, -0.2) is 8.42 Å². The van der Waals surface area contributed by atoms with E-state index in [4.69, 9.17) is 5.10 Å². The van der Waals surface area contributed by atoms with Crippen LogP contribution < -0.4 is 10.1 Å². The van der Waals surface area contributed by atoms with Crippen molar-refractivity contribution in [1.29, 1.82) is 0 Å². The molecule has 11 heteroatoms. The SMILES string of the molecule is CC(C)n1nc(-c2cccc(OC(F)F)c2)c2c1C[C@H](C(=O)NCCN1CCS(=O)(=O)CC1)CC2. The van der Waals surface area contributed by atoms with E-state index in [0.717, 1.165) is 17.0 Å². The van der Waals surface area contributed by atoms with Crippen molar-refractivity contribution < 1.29 is 26.7 Å². The van der Waals surface area contributed by atoms with Crippen LogP contribution >= 0.6 is 0 Å². The summed E-state index contributed by atoms with van der Waals surface area (Å²) in [5.74, 6) is 0.242. The van der Waals surface area contributed by atoms with Crippen LogP contribution in [-0.4, -0.2) is 73.3 Å². The Balaban J connectivity index is 1.43. The van der Waals surface area contributed by atoms with Gasteiger partial charge in [-0.2, -0.15) is 13.9 Å². The Hall–Kier alpha value is -2.53. The number of aromatic nitrogens is 2. The minimum absolute atomic E-state index is 0.00864. The van der Waals surface area contributed by atoms with Gasteiger partial charge in [0.05, 0.1) is 17.2 Å². The maximum Gasteiger partial charge on any atom is 0.387 e. The molecule has 2 aliphatic rings. The molecule has 0 radical (unpaired) electrons. The first kappa shape index (κ1) is 25.6. The Kier molecular flexibility index (Phi) is 7.75. The fraction of sp³-hybridized carbons (Fsp3) is 0.583. The van der Waals surface area contributed by atoms with Gasteiger partial charge in [-0.15, -0.1) is 0 Å². The summed E-state index contributed by atoms with van der Waals surface area (Å²) in [4.78, 5) is 15.0. The maximum absolute atomic E-state index is 12.9. The van der Waals surface area contributed by atoms with Crippen molar-refractivity contribution in [2.75, 3.05) is 37.7 Å². The van der Waals surface area contributed by atoms with Crippen molar-refractivity contribution in [3.05, 3.63) is 35.5 Å². The van der Waals surface area contributed by atoms with Crippen LogP contribution in [0.1, 0.15) is 37.6 Å². The summed E-state index contributed by atoms with van der Waals surface area (Å²) >= 11 is 0. The number of benzene rings is 1. The van der Waals surface area contributed by atoms with E-state index in [2.05, 4.69) is 15.0 Å². The van der Waals surface area contributed by atoms with Crippen LogP contribution in [0.15, 0.2) is 24.3 Å². The number of nitrogens with zero attached hydrogens (tertiary/aromatic N) is 3. The van der Waals surface area contributed by atoms with E-state index >= 15 is 0 Å². The third-order valence-corrected chi connectivity index (χ3v) is 8.27. The molecule has 1 aromatic carbocycles. The van der Waals surface area contributed by atoms with E-state index in [9.17, 15) is 22.0 Å². The van der Waals surface area contributed by atoms with Crippen LogP contribution in [0.4, 0.5) is 8.78 Å².